The van der Waals surface area contributed by atoms with Crippen molar-refractivity contribution in [1.82, 2.24) is 20.9 Å². The Bertz CT molecular complexity index is 720. The lowest BCUT2D eigenvalue weighted by atomic mass is 9.75. The summed E-state index contributed by atoms with van der Waals surface area (Å²) in [4.78, 5) is 28.2. The van der Waals surface area contributed by atoms with Gasteiger partial charge in [-0.3, -0.25) is 0 Å². The summed E-state index contributed by atoms with van der Waals surface area (Å²) in [7, 11) is 0. The van der Waals surface area contributed by atoms with Crippen molar-refractivity contribution in [1.29, 1.82) is 0 Å². The topological polar surface area (TPSA) is 82.7 Å². The number of rotatable bonds is 6. The monoisotopic (exact) mass is 448 g/mol. The van der Waals surface area contributed by atoms with Crippen molar-refractivity contribution in [2.45, 2.75) is 56.9 Å². The molecule has 7 nitrogen and oxygen atoms in total. The molecule has 172 valence electrons. The molecule has 3 aliphatic rings. The van der Waals surface area contributed by atoms with Crippen LogP contribution in [-0.2, 0) is 10.3 Å². The maximum atomic E-state index is 12.5. The van der Waals surface area contributed by atoms with Gasteiger partial charge in [0.1, 0.15) is 0 Å². The number of fused-ring (bicyclic) bond motifs is 1. The van der Waals surface area contributed by atoms with Crippen molar-refractivity contribution >= 4 is 23.4 Å². The zero-order valence-electron chi connectivity index (χ0n) is 18.4. The summed E-state index contributed by atoms with van der Waals surface area (Å²) in [5.74, 6) is 1.52. The van der Waals surface area contributed by atoms with Crippen molar-refractivity contribution in [3.05, 3.63) is 22.4 Å². The molecule has 0 spiro atoms. The van der Waals surface area contributed by atoms with Crippen LogP contribution in [0.15, 0.2) is 17.5 Å². The number of hydrogen-bond acceptors (Lipinski definition) is 4. The van der Waals surface area contributed by atoms with Crippen LogP contribution in [0.1, 0.15) is 56.2 Å². The lowest BCUT2D eigenvalue weighted by molar-refractivity contribution is 0.0423. The van der Waals surface area contributed by atoms with Gasteiger partial charge < -0.3 is 25.6 Å². The van der Waals surface area contributed by atoms with Gasteiger partial charge in [0, 0.05) is 44.3 Å². The number of piperidine rings is 1. The molecule has 1 aromatic rings. The van der Waals surface area contributed by atoms with Gasteiger partial charge in [-0.15, -0.1) is 11.3 Å². The highest BCUT2D eigenvalue weighted by Crippen LogP contribution is 2.36. The predicted octanol–water partition coefficient (Wildman–Crippen LogP) is 3.66. The van der Waals surface area contributed by atoms with Gasteiger partial charge in [0.25, 0.3) is 0 Å². The van der Waals surface area contributed by atoms with Crippen LogP contribution in [-0.4, -0.2) is 56.4 Å². The zero-order chi connectivity index (χ0) is 21.5. The fourth-order valence-electron chi connectivity index (χ4n) is 5.35. The average Bonchev–Trinajstić information content (AvgIpc) is 3.35. The van der Waals surface area contributed by atoms with Gasteiger partial charge >= 0.3 is 12.1 Å². The van der Waals surface area contributed by atoms with Gasteiger partial charge in [-0.2, -0.15) is 0 Å². The van der Waals surface area contributed by atoms with Gasteiger partial charge in [0.2, 0.25) is 0 Å². The number of thiophene rings is 1. The molecule has 2 saturated heterocycles. The third-order valence-corrected chi connectivity index (χ3v) is 8.26. The molecule has 8 heteroatoms. The molecule has 3 N–H and O–H groups in total. The number of hydrogen-bond donors (Lipinski definition) is 3. The molecule has 31 heavy (non-hydrogen) atoms. The van der Waals surface area contributed by atoms with Gasteiger partial charge in [-0.05, 0) is 55.4 Å². The van der Waals surface area contributed by atoms with E-state index in [1.807, 2.05) is 16.3 Å². The molecular formula is C23H36N4O3S. The fourth-order valence-corrected chi connectivity index (χ4v) is 6.29. The third kappa shape index (κ3) is 5.71. The fraction of sp³-hybridized carbons (Fsp3) is 0.739. The summed E-state index contributed by atoms with van der Waals surface area (Å²) in [5, 5.41) is 11.2. The van der Waals surface area contributed by atoms with Crippen molar-refractivity contribution in [3.63, 3.8) is 0 Å². The third-order valence-electron chi connectivity index (χ3n) is 7.19. The molecule has 4 rings (SSSR count). The summed E-state index contributed by atoms with van der Waals surface area (Å²) in [6.45, 7) is 4.21. The Morgan fingerprint density at radius 1 is 1.10 bits per heavy atom. The Labute approximate surface area is 189 Å². The van der Waals surface area contributed by atoms with Crippen LogP contribution in [0.4, 0.5) is 9.59 Å². The predicted molar refractivity (Wildman–Crippen MR) is 122 cm³/mol. The minimum Gasteiger partial charge on any atom is -0.381 e. The summed E-state index contributed by atoms with van der Waals surface area (Å²) in [6.07, 6.45) is 8.72. The second kappa shape index (κ2) is 10.7. The Kier molecular flexibility index (Phi) is 7.72. The Balaban J connectivity index is 1.14. The number of carbonyl (C=O) groups excluding carboxylic acids is 2. The molecule has 1 saturated carbocycles. The van der Waals surface area contributed by atoms with E-state index >= 15 is 0 Å². The van der Waals surface area contributed by atoms with E-state index in [1.165, 1.54) is 30.6 Å². The standard InChI is InChI=1S/C23H36N4O3S/c28-21(26-23(9-14-30-15-10-23)20-7-3-16-31-20)24-11-4-12-25-22(29)27-13-8-18-5-1-2-6-19(18)17-27/h3,7,16,18-19H,1-2,4-6,8-15,17H2,(H,25,29)(H2,24,26,28). The smallest absolute Gasteiger partial charge is 0.317 e. The van der Waals surface area contributed by atoms with Gasteiger partial charge in [-0.1, -0.05) is 25.3 Å². The summed E-state index contributed by atoms with van der Waals surface area (Å²) in [6, 6.07) is 4.01. The number of urea groups is 2. The van der Waals surface area contributed by atoms with E-state index < -0.39 is 0 Å². The first-order valence-electron chi connectivity index (χ1n) is 11.9. The van der Waals surface area contributed by atoms with Crippen LogP contribution in [0.2, 0.25) is 0 Å². The van der Waals surface area contributed by atoms with Crippen LogP contribution in [0.3, 0.4) is 0 Å². The Hall–Kier alpha value is -1.80. The molecular weight excluding hydrogens is 412 g/mol. The molecule has 3 heterocycles. The zero-order valence-corrected chi connectivity index (χ0v) is 19.2. The van der Waals surface area contributed by atoms with E-state index in [-0.39, 0.29) is 17.6 Å². The highest BCUT2D eigenvalue weighted by atomic mass is 32.1. The van der Waals surface area contributed by atoms with E-state index in [0.29, 0.717) is 38.6 Å². The van der Waals surface area contributed by atoms with E-state index in [0.717, 1.165) is 38.3 Å². The first-order chi connectivity index (χ1) is 15.2. The number of likely N-dealkylation sites (tertiary alicyclic amines) is 1. The molecule has 0 bridgehead atoms. The maximum Gasteiger partial charge on any atom is 0.317 e. The first-order valence-corrected chi connectivity index (χ1v) is 12.7. The SMILES string of the molecule is O=C(NCCCNC(=O)N1CCC2CCCCC2C1)NC1(c2cccs2)CCOCC1. The number of carbonyl (C=O) groups is 2. The summed E-state index contributed by atoms with van der Waals surface area (Å²) >= 11 is 1.68. The molecule has 1 aliphatic carbocycles. The molecule has 4 amide bonds. The van der Waals surface area contributed by atoms with Crippen molar-refractivity contribution in [2.24, 2.45) is 11.8 Å². The minimum atomic E-state index is -0.337. The van der Waals surface area contributed by atoms with Crippen LogP contribution in [0, 0.1) is 11.8 Å². The van der Waals surface area contributed by atoms with Crippen LogP contribution in [0.5, 0.6) is 0 Å². The number of amides is 4. The lowest BCUT2D eigenvalue weighted by Gasteiger charge is -2.41. The lowest BCUT2D eigenvalue weighted by Crippen LogP contribution is -2.52. The molecule has 0 aromatic carbocycles. The molecule has 1 aromatic heterocycles. The van der Waals surface area contributed by atoms with E-state index in [9.17, 15) is 9.59 Å². The molecule has 0 radical (unpaired) electrons. The normalized spacial score (nSPS) is 25.4. The van der Waals surface area contributed by atoms with Gasteiger partial charge in [0.15, 0.2) is 0 Å². The van der Waals surface area contributed by atoms with Crippen molar-refractivity contribution < 1.29 is 14.3 Å². The molecule has 2 atom stereocenters. The number of nitrogens with one attached hydrogen (secondary N) is 3. The minimum absolute atomic E-state index is 0.0485. The Morgan fingerprint density at radius 2 is 1.87 bits per heavy atom. The molecule has 2 unspecified atom stereocenters. The van der Waals surface area contributed by atoms with Crippen molar-refractivity contribution in [3.8, 4) is 0 Å². The number of nitrogens with zero attached hydrogens (tertiary/aromatic N) is 1. The molecule has 2 aliphatic heterocycles. The van der Waals surface area contributed by atoms with E-state index in [4.69, 9.17) is 4.74 Å². The van der Waals surface area contributed by atoms with Crippen LogP contribution in [0.25, 0.3) is 0 Å². The van der Waals surface area contributed by atoms with Gasteiger partial charge in [-0.25, -0.2) is 9.59 Å². The van der Waals surface area contributed by atoms with Crippen LogP contribution >= 0.6 is 11.3 Å². The first kappa shape index (κ1) is 22.4. The highest BCUT2D eigenvalue weighted by Gasteiger charge is 2.37. The van der Waals surface area contributed by atoms with E-state index in [2.05, 4.69) is 22.0 Å². The van der Waals surface area contributed by atoms with Crippen LogP contribution < -0.4 is 16.0 Å². The summed E-state index contributed by atoms with van der Waals surface area (Å²) < 4.78 is 5.51. The Morgan fingerprint density at radius 3 is 2.65 bits per heavy atom. The maximum absolute atomic E-state index is 12.5. The second-order valence-electron chi connectivity index (χ2n) is 9.18. The quantitative estimate of drug-likeness (QED) is 0.581. The second-order valence-corrected chi connectivity index (χ2v) is 10.1. The van der Waals surface area contributed by atoms with Crippen molar-refractivity contribution in [2.75, 3.05) is 39.4 Å². The largest absolute Gasteiger partial charge is 0.381 e. The average molecular weight is 449 g/mol. The highest BCUT2D eigenvalue weighted by molar-refractivity contribution is 7.10. The number of ether oxygens (including phenoxy) is 1. The van der Waals surface area contributed by atoms with E-state index in [1.54, 1.807) is 11.3 Å². The molecule has 3 fully saturated rings. The van der Waals surface area contributed by atoms with Gasteiger partial charge in [0.05, 0.1) is 5.54 Å². The summed E-state index contributed by atoms with van der Waals surface area (Å²) in [5.41, 5.74) is -0.337.